The molecule has 1 heterocycles. The summed E-state index contributed by atoms with van der Waals surface area (Å²) in [5.74, 6) is 2.10. The van der Waals surface area contributed by atoms with Gasteiger partial charge in [-0.2, -0.15) is 0 Å². The summed E-state index contributed by atoms with van der Waals surface area (Å²) in [5.41, 5.74) is 0.240. The number of Topliss-reactive ketones (excluding diaryl/α,β-unsaturated/α-hetero) is 1. The van der Waals surface area contributed by atoms with Gasteiger partial charge < -0.3 is 0 Å². The Hall–Kier alpha value is -0.370. The molecule has 2 heteroatoms. The summed E-state index contributed by atoms with van der Waals surface area (Å²) < 4.78 is 0. The highest BCUT2D eigenvalue weighted by Gasteiger charge is 2.43. The Bertz CT molecular complexity index is 254. The van der Waals surface area contributed by atoms with Crippen LogP contribution >= 0.6 is 0 Å². The van der Waals surface area contributed by atoms with Crippen molar-refractivity contribution < 1.29 is 4.79 Å². The average molecular weight is 209 g/mol. The highest BCUT2D eigenvalue weighted by molar-refractivity contribution is 5.85. The zero-order chi connectivity index (χ0) is 11.2. The van der Waals surface area contributed by atoms with Crippen LogP contribution in [0, 0.1) is 17.8 Å². The van der Waals surface area contributed by atoms with Crippen LogP contribution in [0.2, 0.25) is 0 Å². The number of likely N-dealkylation sites (tertiary alicyclic amines) is 1. The third-order valence-electron chi connectivity index (χ3n) is 4.01. The minimum atomic E-state index is 0.240. The van der Waals surface area contributed by atoms with Crippen molar-refractivity contribution in [2.24, 2.45) is 17.8 Å². The molecule has 2 rings (SSSR count). The van der Waals surface area contributed by atoms with Crippen molar-refractivity contribution >= 4 is 5.78 Å². The maximum Gasteiger partial charge on any atom is 0.141 e. The molecule has 1 saturated carbocycles. The molecule has 86 valence electrons. The van der Waals surface area contributed by atoms with E-state index in [-0.39, 0.29) is 5.54 Å². The van der Waals surface area contributed by atoms with Crippen LogP contribution in [0.1, 0.15) is 40.5 Å². The maximum absolute atomic E-state index is 12.0. The summed E-state index contributed by atoms with van der Waals surface area (Å²) in [6.07, 6.45) is 2.29. The Morgan fingerprint density at radius 1 is 1.13 bits per heavy atom. The van der Waals surface area contributed by atoms with E-state index in [9.17, 15) is 4.79 Å². The summed E-state index contributed by atoms with van der Waals surface area (Å²) in [6, 6.07) is 0. The molecule has 1 aliphatic carbocycles. The van der Waals surface area contributed by atoms with Gasteiger partial charge in [-0.15, -0.1) is 0 Å². The molecule has 15 heavy (non-hydrogen) atoms. The number of carbonyl (C=O) groups excluding carboxylic acids is 1. The van der Waals surface area contributed by atoms with Gasteiger partial charge in [-0.25, -0.2) is 0 Å². The van der Waals surface area contributed by atoms with Gasteiger partial charge in [-0.3, -0.25) is 9.69 Å². The largest absolute Gasteiger partial charge is 0.299 e. The normalized spacial score (nSPS) is 33.3. The smallest absolute Gasteiger partial charge is 0.141 e. The van der Waals surface area contributed by atoms with Gasteiger partial charge in [-0.05, 0) is 39.5 Å². The molecule has 0 aromatic carbocycles. The van der Waals surface area contributed by atoms with Gasteiger partial charge in [0.05, 0.1) is 0 Å². The number of nitrogens with zero attached hydrogens (tertiary/aromatic N) is 1. The summed E-state index contributed by atoms with van der Waals surface area (Å²) in [4.78, 5) is 14.4. The number of rotatable bonds is 2. The number of hydrogen-bond acceptors (Lipinski definition) is 2. The fourth-order valence-corrected chi connectivity index (χ4v) is 2.67. The molecule has 0 aromatic heterocycles. The summed E-state index contributed by atoms with van der Waals surface area (Å²) >= 11 is 0. The van der Waals surface area contributed by atoms with E-state index in [1.54, 1.807) is 0 Å². The first-order valence-corrected chi connectivity index (χ1v) is 6.16. The maximum atomic E-state index is 12.0. The zero-order valence-corrected chi connectivity index (χ0v) is 10.4. The third kappa shape index (κ3) is 2.10. The van der Waals surface area contributed by atoms with Crippen molar-refractivity contribution in [2.75, 3.05) is 13.1 Å². The van der Waals surface area contributed by atoms with E-state index in [0.29, 0.717) is 17.6 Å². The van der Waals surface area contributed by atoms with E-state index in [2.05, 4.69) is 32.6 Å². The molecule has 2 fully saturated rings. The van der Waals surface area contributed by atoms with Crippen molar-refractivity contribution in [1.29, 1.82) is 0 Å². The SMILES string of the molecule is CC1CC(C(=O)C2CN(C(C)(C)C)C2)C1. The van der Waals surface area contributed by atoms with Crippen LogP contribution in [0.5, 0.6) is 0 Å². The zero-order valence-electron chi connectivity index (χ0n) is 10.4. The van der Waals surface area contributed by atoms with Gasteiger partial charge in [0.1, 0.15) is 5.78 Å². The highest BCUT2D eigenvalue weighted by Crippen LogP contribution is 2.38. The van der Waals surface area contributed by atoms with Crippen LogP contribution in [0.3, 0.4) is 0 Å². The van der Waals surface area contributed by atoms with Crippen LogP contribution in [0.25, 0.3) is 0 Å². The Morgan fingerprint density at radius 2 is 1.67 bits per heavy atom. The molecular weight excluding hydrogens is 186 g/mol. The molecule has 0 amide bonds. The van der Waals surface area contributed by atoms with Crippen LogP contribution in [0.4, 0.5) is 0 Å². The summed E-state index contributed by atoms with van der Waals surface area (Å²) in [5, 5.41) is 0. The lowest BCUT2D eigenvalue weighted by Crippen LogP contribution is -2.59. The number of ketones is 1. The van der Waals surface area contributed by atoms with Gasteiger partial charge in [0.2, 0.25) is 0 Å². The molecule has 2 aliphatic rings. The topological polar surface area (TPSA) is 20.3 Å². The average Bonchev–Trinajstić information content (AvgIpc) is 1.92. The highest BCUT2D eigenvalue weighted by atomic mass is 16.1. The van der Waals surface area contributed by atoms with Crippen molar-refractivity contribution in [2.45, 2.75) is 46.1 Å². The Labute approximate surface area is 93.0 Å². The van der Waals surface area contributed by atoms with Gasteiger partial charge in [0.15, 0.2) is 0 Å². The molecule has 1 saturated heterocycles. The van der Waals surface area contributed by atoms with Crippen LogP contribution in [-0.2, 0) is 4.79 Å². The predicted octanol–water partition coefficient (Wildman–Crippen LogP) is 2.33. The molecule has 0 radical (unpaired) electrons. The van der Waals surface area contributed by atoms with E-state index in [4.69, 9.17) is 0 Å². The summed E-state index contributed by atoms with van der Waals surface area (Å²) in [6.45, 7) is 10.9. The van der Waals surface area contributed by atoms with Crippen LogP contribution in [0.15, 0.2) is 0 Å². The summed E-state index contributed by atoms with van der Waals surface area (Å²) in [7, 11) is 0. The minimum Gasteiger partial charge on any atom is -0.299 e. The first-order chi connectivity index (χ1) is 6.88. The molecule has 0 spiro atoms. The Balaban J connectivity index is 1.77. The van der Waals surface area contributed by atoms with Crippen molar-refractivity contribution in [3.05, 3.63) is 0 Å². The second kappa shape index (κ2) is 3.58. The lowest BCUT2D eigenvalue weighted by Gasteiger charge is -2.48. The van der Waals surface area contributed by atoms with Gasteiger partial charge in [-0.1, -0.05) is 6.92 Å². The quantitative estimate of drug-likeness (QED) is 0.695. The molecule has 2 nitrogen and oxygen atoms in total. The molecule has 0 bridgehead atoms. The molecule has 0 atom stereocenters. The second-order valence-corrected chi connectivity index (χ2v) is 6.45. The van der Waals surface area contributed by atoms with Crippen molar-refractivity contribution in [3.8, 4) is 0 Å². The minimum absolute atomic E-state index is 0.240. The fourth-order valence-electron chi connectivity index (χ4n) is 2.67. The van der Waals surface area contributed by atoms with Crippen LogP contribution < -0.4 is 0 Å². The molecule has 0 N–H and O–H groups in total. The predicted molar refractivity (Wildman–Crippen MR) is 61.7 cm³/mol. The van der Waals surface area contributed by atoms with Crippen molar-refractivity contribution in [3.63, 3.8) is 0 Å². The van der Waals surface area contributed by atoms with E-state index in [0.717, 1.165) is 31.8 Å². The van der Waals surface area contributed by atoms with Crippen molar-refractivity contribution in [1.82, 2.24) is 4.90 Å². The van der Waals surface area contributed by atoms with Gasteiger partial charge in [0.25, 0.3) is 0 Å². The molecular formula is C13H23NO. The first kappa shape index (κ1) is 11.1. The second-order valence-electron chi connectivity index (χ2n) is 6.45. The van der Waals surface area contributed by atoms with Gasteiger partial charge in [0, 0.05) is 30.5 Å². The number of hydrogen-bond donors (Lipinski definition) is 0. The van der Waals surface area contributed by atoms with E-state index >= 15 is 0 Å². The molecule has 0 unspecified atom stereocenters. The third-order valence-corrected chi connectivity index (χ3v) is 4.01. The molecule has 1 aliphatic heterocycles. The molecule has 0 aromatic rings. The van der Waals surface area contributed by atoms with E-state index in [1.165, 1.54) is 0 Å². The lowest BCUT2D eigenvalue weighted by molar-refractivity contribution is -0.138. The van der Waals surface area contributed by atoms with E-state index in [1.807, 2.05) is 0 Å². The fraction of sp³-hybridized carbons (Fsp3) is 0.923. The van der Waals surface area contributed by atoms with Gasteiger partial charge >= 0.3 is 0 Å². The first-order valence-electron chi connectivity index (χ1n) is 6.16. The lowest BCUT2D eigenvalue weighted by atomic mass is 9.69. The van der Waals surface area contributed by atoms with E-state index < -0.39 is 0 Å². The monoisotopic (exact) mass is 209 g/mol. The Kier molecular flexibility index (Phi) is 2.66. The van der Waals surface area contributed by atoms with Crippen LogP contribution in [-0.4, -0.2) is 29.3 Å². The Morgan fingerprint density at radius 3 is 2.07 bits per heavy atom. The number of carbonyl (C=O) groups is 1. The standard InChI is InChI=1S/C13H23NO/c1-9-5-10(6-9)12(15)11-7-14(8-11)13(2,3)4/h9-11H,5-8H2,1-4H3.